The molecule has 118 valence electrons. The predicted octanol–water partition coefficient (Wildman–Crippen LogP) is 3.17. The number of hydrogen-bond acceptors (Lipinski definition) is 4. The first kappa shape index (κ1) is 14.3. The van der Waals surface area contributed by atoms with Crippen LogP contribution in [0.4, 0.5) is 5.13 Å². The summed E-state index contributed by atoms with van der Waals surface area (Å²) in [6, 6.07) is 8.75. The van der Waals surface area contributed by atoms with E-state index in [1.165, 1.54) is 35.1 Å². The third-order valence-electron chi connectivity index (χ3n) is 4.00. The average Bonchev–Trinajstić information content (AvgIpc) is 3.09. The second-order valence-electron chi connectivity index (χ2n) is 5.82. The van der Waals surface area contributed by atoms with E-state index in [0.29, 0.717) is 18.3 Å². The Kier molecular flexibility index (Phi) is 3.75. The first-order chi connectivity index (χ1) is 11.3. The normalized spacial score (nSPS) is 14.1. The zero-order valence-electron chi connectivity index (χ0n) is 12.6. The van der Waals surface area contributed by atoms with E-state index in [1.807, 2.05) is 23.7 Å². The van der Waals surface area contributed by atoms with Crippen LogP contribution in [0.1, 0.15) is 28.9 Å². The Hall–Kier alpha value is -2.34. The van der Waals surface area contributed by atoms with Gasteiger partial charge in [0.1, 0.15) is 5.69 Å². The largest absolute Gasteiger partial charge is 0.361 e. The molecular formula is C17H18N4OS. The molecule has 0 unspecified atom stereocenters. The second kappa shape index (κ2) is 6.04. The summed E-state index contributed by atoms with van der Waals surface area (Å²) in [6.07, 6.45) is 5.21. The monoisotopic (exact) mass is 326 g/mol. The van der Waals surface area contributed by atoms with Gasteiger partial charge < -0.3 is 15.6 Å². The zero-order chi connectivity index (χ0) is 15.6. The number of amides is 1. The summed E-state index contributed by atoms with van der Waals surface area (Å²) in [7, 11) is 0. The van der Waals surface area contributed by atoms with Crippen molar-refractivity contribution in [3.8, 4) is 0 Å². The summed E-state index contributed by atoms with van der Waals surface area (Å²) >= 11 is 1.49. The Labute approximate surface area is 138 Å². The number of H-pyrrole nitrogens is 1. The van der Waals surface area contributed by atoms with E-state index in [4.69, 9.17) is 0 Å². The Balaban J connectivity index is 1.33. The van der Waals surface area contributed by atoms with E-state index in [9.17, 15) is 4.79 Å². The Morgan fingerprint density at radius 1 is 1.35 bits per heavy atom. The number of carbonyl (C=O) groups is 1. The number of benzene rings is 1. The van der Waals surface area contributed by atoms with Crippen LogP contribution in [-0.2, 0) is 6.42 Å². The molecule has 3 aromatic rings. The van der Waals surface area contributed by atoms with Crippen molar-refractivity contribution in [2.45, 2.75) is 25.3 Å². The lowest BCUT2D eigenvalue weighted by atomic mass is 10.1. The van der Waals surface area contributed by atoms with Crippen molar-refractivity contribution in [1.82, 2.24) is 15.3 Å². The molecule has 1 saturated carbocycles. The number of fused-ring (bicyclic) bond motifs is 1. The maximum atomic E-state index is 12.1. The highest BCUT2D eigenvalue weighted by Gasteiger charge is 2.22. The van der Waals surface area contributed by atoms with Crippen molar-refractivity contribution in [1.29, 1.82) is 0 Å². The van der Waals surface area contributed by atoms with E-state index in [2.05, 4.69) is 32.7 Å². The number of hydrogen-bond donors (Lipinski definition) is 3. The molecular weight excluding hydrogens is 308 g/mol. The predicted molar refractivity (Wildman–Crippen MR) is 93.1 cm³/mol. The summed E-state index contributed by atoms with van der Waals surface area (Å²) in [5.74, 6) is -0.107. The lowest BCUT2D eigenvalue weighted by Crippen LogP contribution is -2.26. The van der Waals surface area contributed by atoms with Crippen molar-refractivity contribution in [2.75, 3.05) is 11.9 Å². The maximum absolute atomic E-state index is 12.1. The molecule has 0 spiro atoms. The highest BCUT2D eigenvalue weighted by molar-refractivity contribution is 7.13. The average molecular weight is 326 g/mol. The maximum Gasteiger partial charge on any atom is 0.270 e. The topological polar surface area (TPSA) is 69.8 Å². The van der Waals surface area contributed by atoms with Crippen LogP contribution in [0.25, 0.3) is 10.9 Å². The Bertz CT molecular complexity index is 834. The van der Waals surface area contributed by atoms with Crippen LogP contribution < -0.4 is 10.6 Å². The number of anilines is 1. The van der Waals surface area contributed by atoms with Gasteiger partial charge in [-0.3, -0.25) is 4.79 Å². The number of para-hydroxylation sites is 1. The minimum Gasteiger partial charge on any atom is -0.361 e. The molecule has 1 fully saturated rings. The van der Waals surface area contributed by atoms with Gasteiger partial charge in [0.05, 0.1) is 0 Å². The van der Waals surface area contributed by atoms with E-state index in [-0.39, 0.29) is 5.91 Å². The minimum absolute atomic E-state index is 0.107. The van der Waals surface area contributed by atoms with E-state index in [0.717, 1.165) is 17.1 Å². The van der Waals surface area contributed by atoms with Crippen LogP contribution >= 0.6 is 11.3 Å². The molecule has 0 radical (unpaired) electrons. The molecule has 1 aromatic carbocycles. The first-order valence-electron chi connectivity index (χ1n) is 7.85. The van der Waals surface area contributed by atoms with Gasteiger partial charge in [-0.05, 0) is 30.9 Å². The van der Waals surface area contributed by atoms with Gasteiger partial charge in [-0.2, -0.15) is 0 Å². The van der Waals surface area contributed by atoms with Crippen LogP contribution in [0.2, 0.25) is 0 Å². The zero-order valence-corrected chi connectivity index (χ0v) is 13.5. The summed E-state index contributed by atoms with van der Waals surface area (Å²) < 4.78 is 0. The fourth-order valence-corrected chi connectivity index (χ4v) is 3.36. The van der Waals surface area contributed by atoms with Crippen molar-refractivity contribution in [2.24, 2.45) is 0 Å². The van der Waals surface area contributed by atoms with Crippen molar-refractivity contribution in [3.05, 3.63) is 47.1 Å². The highest BCUT2D eigenvalue weighted by atomic mass is 32.1. The molecule has 2 heterocycles. The van der Waals surface area contributed by atoms with Gasteiger partial charge in [0, 0.05) is 35.1 Å². The highest BCUT2D eigenvalue weighted by Crippen LogP contribution is 2.26. The number of thiazole rings is 1. The number of rotatable bonds is 6. The summed E-state index contributed by atoms with van der Waals surface area (Å²) in [6.45, 7) is 0.601. The number of carbonyl (C=O) groups excluding carboxylic acids is 1. The summed E-state index contributed by atoms with van der Waals surface area (Å²) in [5.41, 5.74) is 2.84. The molecule has 1 aliphatic rings. The van der Waals surface area contributed by atoms with Crippen molar-refractivity contribution >= 4 is 33.3 Å². The Morgan fingerprint density at radius 3 is 3.09 bits per heavy atom. The van der Waals surface area contributed by atoms with Gasteiger partial charge in [0.25, 0.3) is 5.91 Å². The lowest BCUT2D eigenvalue weighted by molar-refractivity contribution is 0.0950. The van der Waals surface area contributed by atoms with Crippen LogP contribution in [0.15, 0.2) is 35.8 Å². The summed E-state index contributed by atoms with van der Waals surface area (Å²) in [5, 5.41) is 10.1. The molecule has 23 heavy (non-hydrogen) atoms. The number of nitrogens with zero attached hydrogens (tertiary/aromatic N) is 1. The van der Waals surface area contributed by atoms with Crippen molar-refractivity contribution < 1.29 is 4.79 Å². The Morgan fingerprint density at radius 2 is 2.22 bits per heavy atom. The van der Waals surface area contributed by atoms with E-state index < -0.39 is 0 Å². The SMILES string of the molecule is O=C(NCCc1c[nH]c2ccccc12)c1csc(NC2CC2)n1. The number of nitrogens with one attached hydrogen (secondary N) is 3. The molecule has 1 amide bonds. The number of aromatic amines is 1. The van der Waals surface area contributed by atoms with Crippen LogP contribution in [0, 0.1) is 0 Å². The van der Waals surface area contributed by atoms with Gasteiger partial charge in [-0.15, -0.1) is 11.3 Å². The quantitative estimate of drug-likeness (QED) is 0.651. The second-order valence-corrected chi connectivity index (χ2v) is 6.68. The smallest absolute Gasteiger partial charge is 0.270 e. The first-order valence-corrected chi connectivity index (χ1v) is 8.73. The molecule has 1 aliphatic carbocycles. The molecule has 2 aromatic heterocycles. The third-order valence-corrected chi connectivity index (χ3v) is 4.77. The van der Waals surface area contributed by atoms with Gasteiger partial charge in [-0.1, -0.05) is 18.2 Å². The van der Waals surface area contributed by atoms with E-state index >= 15 is 0 Å². The lowest BCUT2D eigenvalue weighted by Gasteiger charge is -2.03. The van der Waals surface area contributed by atoms with Crippen molar-refractivity contribution in [3.63, 3.8) is 0 Å². The fourth-order valence-electron chi connectivity index (χ4n) is 2.59. The third kappa shape index (κ3) is 3.22. The number of aromatic nitrogens is 2. The van der Waals surface area contributed by atoms with E-state index in [1.54, 1.807) is 0 Å². The molecule has 0 aliphatic heterocycles. The molecule has 5 nitrogen and oxygen atoms in total. The van der Waals surface area contributed by atoms with Crippen LogP contribution in [0.5, 0.6) is 0 Å². The molecule has 0 bridgehead atoms. The molecule has 6 heteroatoms. The standard InChI is InChI=1S/C17H18N4OS/c22-16(15-10-23-17(21-15)20-12-5-6-12)18-8-7-11-9-19-14-4-2-1-3-13(11)14/h1-4,9-10,12,19H,5-8H2,(H,18,22)(H,20,21). The molecule has 0 atom stereocenters. The van der Waals surface area contributed by atoms with Gasteiger partial charge in [-0.25, -0.2) is 4.98 Å². The van der Waals surface area contributed by atoms with Gasteiger partial charge in [0.15, 0.2) is 5.13 Å². The van der Waals surface area contributed by atoms with Gasteiger partial charge in [0.2, 0.25) is 0 Å². The van der Waals surface area contributed by atoms with Crippen LogP contribution in [-0.4, -0.2) is 28.5 Å². The fraction of sp³-hybridized carbons (Fsp3) is 0.294. The molecule has 4 rings (SSSR count). The summed E-state index contributed by atoms with van der Waals surface area (Å²) in [4.78, 5) is 19.7. The minimum atomic E-state index is -0.107. The van der Waals surface area contributed by atoms with Gasteiger partial charge >= 0.3 is 0 Å². The van der Waals surface area contributed by atoms with Crippen LogP contribution in [0.3, 0.4) is 0 Å². The molecule has 3 N–H and O–H groups in total. The molecule has 0 saturated heterocycles.